The van der Waals surface area contributed by atoms with Gasteiger partial charge < -0.3 is 5.73 Å². The lowest BCUT2D eigenvalue weighted by molar-refractivity contribution is 1.31. The fourth-order valence-electron chi connectivity index (χ4n) is 1.87. The number of benzene rings is 1. The molecule has 0 aromatic heterocycles. The van der Waals surface area contributed by atoms with Gasteiger partial charge in [-0.15, -0.1) is 0 Å². The summed E-state index contributed by atoms with van der Waals surface area (Å²) in [5.74, 6) is 0. The van der Waals surface area contributed by atoms with Crippen LogP contribution in [-0.4, -0.2) is 12.8 Å². The zero-order valence-corrected chi connectivity index (χ0v) is 10.2. The van der Waals surface area contributed by atoms with Crippen molar-refractivity contribution in [2.75, 3.05) is 7.05 Å². The molecule has 2 N–H and O–H groups in total. The topological polar surface area (TPSA) is 38.4 Å². The Labute approximate surface area is 97.2 Å². The van der Waals surface area contributed by atoms with Gasteiger partial charge in [0.25, 0.3) is 0 Å². The Bertz CT molecular complexity index is 468. The zero-order valence-electron chi connectivity index (χ0n) is 10.2. The van der Waals surface area contributed by atoms with Crippen LogP contribution in [0.15, 0.2) is 36.0 Å². The van der Waals surface area contributed by atoms with E-state index in [1.165, 1.54) is 5.56 Å². The molecule has 0 atom stereocenters. The van der Waals surface area contributed by atoms with Crippen LogP contribution in [0.3, 0.4) is 0 Å². The summed E-state index contributed by atoms with van der Waals surface area (Å²) in [7, 11) is 1.72. The predicted octanol–water partition coefficient (Wildman–Crippen LogP) is 2.84. The molecule has 0 bridgehead atoms. The molecule has 0 radical (unpaired) electrons. The number of rotatable bonds is 3. The van der Waals surface area contributed by atoms with Crippen molar-refractivity contribution in [1.29, 1.82) is 0 Å². The SMILES string of the molecule is C=Cc1c(C)ccc(/C(=N\C)C(=C)N)c1C. The van der Waals surface area contributed by atoms with Gasteiger partial charge >= 0.3 is 0 Å². The lowest BCUT2D eigenvalue weighted by atomic mass is 9.94. The fourth-order valence-corrected chi connectivity index (χ4v) is 1.87. The van der Waals surface area contributed by atoms with Gasteiger partial charge in [-0.25, -0.2) is 0 Å². The quantitative estimate of drug-likeness (QED) is 0.772. The second-order valence-electron chi connectivity index (χ2n) is 3.77. The molecule has 0 spiro atoms. The highest BCUT2D eigenvalue weighted by atomic mass is 14.7. The largest absolute Gasteiger partial charge is 0.397 e. The minimum atomic E-state index is 0.490. The second-order valence-corrected chi connectivity index (χ2v) is 3.77. The maximum Gasteiger partial charge on any atom is 0.0869 e. The van der Waals surface area contributed by atoms with Gasteiger partial charge in [0, 0.05) is 12.6 Å². The summed E-state index contributed by atoms with van der Waals surface area (Å²) in [4.78, 5) is 4.18. The monoisotopic (exact) mass is 214 g/mol. The Morgan fingerprint density at radius 1 is 1.38 bits per heavy atom. The van der Waals surface area contributed by atoms with E-state index in [1.54, 1.807) is 7.05 Å². The number of hydrogen-bond donors (Lipinski definition) is 1. The van der Waals surface area contributed by atoms with E-state index < -0.39 is 0 Å². The second kappa shape index (κ2) is 4.79. The minimum Gasteiger partial charge on any atom is -0.397 e. The summed E-state index contributed by atoms with van der Waals surface area (Å²) in [6, 6.07) is 4.07. The van der Waals surface area contributed by atoms with E-state index in [0.29, 0.717) is 5.70 Å². The first kappa shape index (κ1) is 12.2. The number of hydrogen-bond acceptors (Lipinski definition) is 2. The van der Waals surface area contributed by atoms with Crippen LogP contribution >= 0.6 is 0 Å². The van der Waals surface area contributed by atoms with E-state index in [9.17, 15) is 0 Å². The van der Waals surface area contributed by atoms with Crippen LogP contribution in [0.4, 0.5) is 0 Å². The zero-order chi connectivity index (χ0) is 12.3. The first-order valence-corrected chi connectivity index (χ1v) is 5.17. The third kappa shape index (κ3) is 2.06. The van der Waals surface area contributed by atoms with Crippen molar-refractivity contribution in [1.82, 2.24) is 0 Å². The van der Waals surface area contributed by atoms with Crippen LogP contribution in [0.5, 0.6) is 0 Å². The Kier molecular flexibility index (Phi) is 3.67. The van der Waals surface area contributed by atoms with Crippen LogP contribution in [-0.2, 0) is 0 Å². The van der Waals surface area contributed by atoms with Gasteiger partial charge in [0.1, 0.15) is 0 Å². The van der Waals surface area contributed by atoms with Crippen LogP contribution in [0.25, 0.3) is 6.08 Å². The number of nitrogens with two attached hydrogens (primary N) is 1. The molecule has 0 fully saturated rings. The summed E-state index contributed by atoms with van der Waals surface area (Å²) in [5.41, 5.74) is 11.5. The molecule has 2 heteroatoms. The van der Waals surface area contributed by atoms with Crippen molar-refractivity contribution in [3.63, 3.8) is 0 Å². The van der Waals surface area contributed by atoms with Crippen LogP contribution in [0.1, 0.15) is 22.3 Å². The van der Waals surface area contributed by atoms with E-state index in [0.717, 1.165) is 22.4 Å². The van der Waals surface area contributed by atoms with Crippen LogP contribution in [0, 0.1) is 13.8 Å². The van der Waals surface area contributed by atoms with Crippen molar-refractivity contribution >= 4 is 11.8 Å². The van der Waals surface area contributed by atoms with Gasteiger partial charge in [0.2, 0.25) is 0 Å². The molecule has 0 aliphatic carbocycles. The van der Waals surface area contributed by atoms with Gasteiger partial charge in [0.05, 0.1) is 11.4 Å². The molecule has 0 saturated carbocycles. The number of aliphatic imine (C=N–C) groups is 1. The molecule has 0 heterocycles. The third-order valence-corrected chi connectivity index (χ3v) is 2.72. The maximum atomic E-state index is 5.73. The lowest BCUT2D eigenvalue weighted by Crippen LogP contribution is -2.13. The Balaban J connectivity index is 3.48. The van der Waals surface area contributed by atoms with E-state index >= 15 is 0 Å². The number of allylic oxidation sites excluding steroid dienone is 1. The Morgan fingerprint density at radius 2 is 2.00 bits per heavy atom. The molecule has 84 valence electrons. The summed E-state index contributed by atoms with van der Waals surface area (Å²) in [5, 5.41) is 0. The summed E-state index contributed by atoms with van der Waals surface area (Å²) in [6.07, 6.45) is 1.86. The molecular formula is C14H18N2. The summed E-state index contributed by atoms with van der Waals surface area (Å²) >= 11 is 0. The van der Waals surface area contributed by atoms with Crippen molar-refractivity contribution < 1.29 is 0 Å². The van der Waals surface area contributed by atoms with Gasteiger partial charge in [-0.05, 0) is 30.5 Å². The number of aryl methyl sites for hydroxylation is 1. The van der Waals surface area contributed by atoms with Gasteiger partial charge in [-0.1, -0.05) is 31.4 Å². The fraction of sp³-hybridized carbons (Fsp3) is 0.214. The Morgan fingerprint density at radius 3 is 2.44 bits per heavy atom. The summed E-state index contributed by atoms with van der Waals surface area (Å²) < 4.78 is 0. The van der Waals surface area contributed by atoms with Crippen molar-refractivity contribution in [3.05, 3.63) is 53.2 Å². The van der Waals surface area contributed by atoms with Crippen molar-refractivity contribution in [2.24, 2.45) is 10.7 Å². The average molecular weight is 214 g/mol. The van der Waals surface area contributed by atoms with Gasteiger partial charge in [-0.3, -0.25) is 4.99 Å². The molecule has 1 rings (SSSR count). The Hall–Kier alpha value is -1.83. The normalized spacial score (nSPS) is 11.3. The summed E-state index contributed by atoms with van der Waals surface area (Å²) in [6.45, 7) is 11.7. The number of nitrogens with zero attached hydrogens (tertiary/aromatic N) is 1. The van der Waals surface area contributed by atoms with Gasteiger partial charge in [0.15, 0.2) is 0 Å². The molecule has 1 aromatic rings. The van der Waals surface area contributed by atoms with Gasteiger partial charge in [-0.2, -0.15) is 0 Å². The molecular weight excluding hydrogens is 196 g/mol. The highest BCUT2D eigenvalue weighted by Crippen LogP contribution is 2.21. The minimum absolute atomic E-state index is 0.490. The maximum absolute atomic E-state index is 5.73. The highest BCUT2D eigenvalue weighted by molar-refractivity contribution is 6.12. The molecule has 0 unspecified atom stereocenters. The van der Waals surface area contributed by atoms with Crippen molar-refractivity contribution in [2.45, 2.75) is 13.8 Å². The molecule has 0 aliphatic rings. The molecule has 0 saturated heterocycles. The molecule has 1 aromatic carbocycles. The van der Waals surface area contributed by atoms with Crippen molar-refractivity contribution in [3.8, 4) is 0 Å². The molecule has 16 heavy (non-hydrogen) atoms. The first-order valence-electron chi connectivity index (χ1n) is 5.17. The smallest absolute Gasteiger partial charge is 0.0869 e. The standard InChI is InChI=1S/C14H18N2/c1-6-12-9(2)7-8-13(10(12)3)14(16-5)11(4)15/h6-8H,1,4,15H2,2-3,5H3/b16-14-. The lowest BCUT2D eigenvalue weighted by Gasteiger charge is -2.13. The molecule has 2 nitrogen and oxygen atoms in total. The average Bonchev–Trinajstić information content (AvgIpc) is 2.22. The third-order valence-electron chi connectivity index (χ3n) is 2.72. The van der Waals surface area contributed by atoms with E-state index in [-0.39, 0.29) is 0 Å². The predicted molar refractivity (Wildman–Crippen MR) is 71.8 cm³/mol. The van der Waals surface area contributed by atoms with E-state index in [4.69, 9.17) is 5.73 Å². The van der Waals surface area contributed by atoms with E-state index in [2.05, 4.69) is 25.1 Å². The van der Waals surface area contributed by atoms with Crippen LogP contribution in [0.2, 0.25) is 0 Å². The molecule has 0 aliphatic heterocycles. The first-order chi connectivity index (χ1) is 7.52. The molecule has 0 amide bonds. The van der Waals surface area contributed by atoms with E-state index in [1.807, 2.05) is 25.1 Å². The van der Waals surface area contributed by atoms with Crippen LogP contribution < -0.4 is 5.73 Å². The highest BCUT2D eigenvalue weighted by Gasteiger charge is 2.10.